The number of hydrogen-bond acceptors (Lipinski definition) is 5. The first-order chi connectivity index (χ1) is 13.8. The van der Waals surface area contributed by atoms with E-state index in [4.69, 9.17) is 4.74 Å². The number of benzene rings is 2. The van der Waals surface area contributed by atoms with E-state index in [1.165, 1.54) is 17.0 Å². The van der Waals surface area contributed by atoms with E-state index in [1.807, 2.05) is 18.2 Å². The Kier molecular flexibility index (Phi) is 4.61. The summed E-state index contributed by atoms with van der Waals surface area (Å²) in [5.41, 5.74) is 1.62. The summed E-state index contributed by atoms with van der Waals surface area (Å²) in [5.74, 6) is -1.32. The van der Waals surface area contributed by atoms with E-state index in [0.29, 0.717) is 11.3 Å². The number of carboxylic acid groups (broad SMARTS) is 1. The highest BCUT2D eigenvalue weighted by molar-refractivity contribution is 5.67. The smallest absolute Gasteiger partial charge is 0.471 e. The van der Waals surface area contributed by atoms with Gasteiger partial charge in [-0.2, -0.15) is 18.2 Å². The topological polar surface area (TPSA) is 88.7 Å². The van der Waals surface area contributed by atoms with Crippen molar-refractivity contribution in [2.75, 3.05) is 6.61 Å². The van der Waals surface area contributed by atoms with Gasteiger partial charge in [0.2, 0.25) is 5.82 Å². The molecule has 2 heterocycles. The summed E-state index contributed by atoms with van der Waals surface area (Å²) in [6, 6.07) is 13.1. The lowest BCUT2D eigenvalue weighted by Crippen LogP contribution is -2.34. The number of alkyl halides is 3. The van der Waals surface area contributed by atoms with E-state index in [0.717, 1.165) is 5.56 Å². The molecule has 0 saturated heterocycles. The monoisotopic (exact) mass is 405 g/mol. The highest BCUT2D eigenvalue weighted by Gasteiger charge is 2.38. The van der Waals surface area contributed by atoms with Crippen molar-refractivity contribution in [3.8, 4) is 17.1 Å². The number of hydrogen-bond donors (Lipinski definition) is 1. The first kappa shape index (κ1) is 18.8. The molecule has 0 spiro atoms. The molecule has 1 aliphatic heterocycles. The Bertz CT molecular complexity index is 1040. The predicted octanol–water partition coefficient (Wildman–Crippen LogP) is 4.37. The fourth-order valence-electron chi connectivity index (χ4n) is 3.12. The quantitative estimate of drug-likeness (QED) is 0.681. The van der Waals surface area contributed by atoms with Crippen LogP contribution in [-0.4, -0.2) is 32.8 Å². The zero-order chi connectivity index (χ0) is 20.6. The third-order valence-corrected chi connectivity index (χ3v) is 4.54. The molecule has 10 heteroatoms. The van der Waals surface area contributed by atoms with Crippen molar-refractivity contribution in [2.24, 2.45) is 0 Å². The van der Waals surface area contributed by atoms with Gasteiger partial charge in [0, 0.05) is 11.1 Å². The normalized spacial score (nSPS) is 16.7. The lowest BCUT2D eigenvalue weighted by molar-refractivity contribution is -0.159. The molecule has 0 unspecified atom stereocenters. The third kappa shape index (κ3) is 3.73. The Morgan fingerprint density at radius 2 is 1.93 bits per heavy atom. The number of amides is 1. The van der Waals surface area contributed by atoms with E-state index < -0.39 is 24.2 Å². The Balaban J connectivity index is 1.66. The van der Waals surface area contributed by atoms with Gasteiger partial charge in [0.1, 0.15) is 12.4 Å². The molecule has 1 N–H and O–H groups in total. The van der Waals surface area contributed by atoms with Crippen LogP contribution in [0.5, 0.6) is 5.75 Å². The fraction of sp³-hybridized carbons (Fsp3) is 0.211. The molecular formula is C19H14F3N3O4. The molecule has 29 heavy (non-hydrogen) atoms. The maximum absolute atomic E-state index is 12.7. The molecule has 0 aliphatic carbocycles. The number of halogens is 3. The Morgan fingerprint density at radius 3 is 2.59 bits per heavy atom. The van der Waals surface area contributed by atoms with Crippen LogP contribution < -0.4 is 4.74 Å². The third-order valence-electron chi connectivity index (χ3n) is 4.54. The number of fused-ring (bicyclic) bond motifs is 1. The first-order valence-electron chi connectivity index (χ1n) is 8.54. The summed E-state index contributed by atoms with van der Waals surface area (Å²) in [4.78, 5) is 16.4. The van der Waals surface area contributed by atoms with Crippen LogP contribution >= 0.6 is 0 Å². The second-order valence-electron chi connectivity index (χ2n) is 6.39. The molecule has 1 atom stereocenters. The van der Waals surface area contributed by atoms with Gasteiger partial charge in [0.15, 0.2) is 0 Å². The number of ether oxygens (including phenoxy) is 1. The van der Waals surface area contributed by atoms with Gasteiger partial charge in [-0.3, -0.25) is 4.90 Å². The Labute approximate surface area is 162 Å². The molecule has 3 aromatic rings. The number of nitrogens with zero attached hydrogens (tertiary/aromatic N) is 3. The minimum absolute atomic E-state index is 0.0484. The van der Waals surface area contributed by atoms with Crippen molar-refractivity contribution in [3.63, 3.8) is 0 Å². The van der Waals surface area contributed by atoms with Crippen molar-refractivity contribution in [1.82, 2.24) is 15.0 Å². The summed E-state index contributed by atoms with van der Waals surface area (Å²) in [6.45, 7) is 0.108. The van der Waals surface area contributed by atoms with Crippen LogP contribution in [0.3, 0.4) is 0 Å². The molecule has 0 fully saturated rings. The minimum atomic E-state index is -4.74. The maximum atomic E-state index is 12.7. The molecule has 0 bridgehead atoms. The molecule has 0 saturated carbocycles. The fourth-order valence-corrected chi connectivity index (χ4v) is 3.12. The van der Waals surface area contributed by atoms with Crippen molar-refractivity contribution in [2.45, 2.75) is 18.8 Å². The standard InChI is InChI=1S/C19H14F3N3O4/c20-19(21,22)17-23-16(24-29-17)12-6-7-13-9-25(18(26)27)14(10-28-15(13)8-12)11-4-2-1-3-5-11/h1-8,14H,9-10H2,(H,26,27)/t14-/m1/s1. The highest BCUT2D eigenvalue weighted by atomic mass is 19.4. The predicted molar refractivity (Wildman–Crippen MR) is 93.0 cm³/mol. The molecule has 4 rings (SSSR count). The summed E-state index contributed by atoms with van der Waals surface area (Å²) < 4.78 is 48.1. The SMILES string of the molecule is O=C(O)N1Cc2ccc(-c3noc(C(F)(F)F)n3)cc2OC[C@@H]1c1ccccc1. The van der Waals surface area contributed by atoms with Gasteiger partial charge >= 0.3 is 18.2 Å². The van der Waals surface area contributed by atoms with Gasteiger partial charge in [0.05, 0.1) is 12.6 Å². The molecule has 150 valence electrons. The lowest BCUT2D eigenvalue weighted by atomic mass is 10.1. The van der Waals surface area contributed by atoms with Gasteiger partial charge in [-0.05, 0) is 11.6 Å². The summed E-state index contributed by atoms with van der Waals surface area (Å²) >= 11 is 0. The van der Waals surface area contributed by atoms with E-state index in [2.05, 4.69) is 14.7 Å². The van der Waals surface area contributed by atoms with Crippen LogP contribution in [0.1, 0.15) is 23.1 Å². The van der Waals surface area contributed by atoms with Gasteiger partial charge in [-0.1, -0.05) is 47.6 Å². The molecule has 1 aliphatic rings. The first-order valence-corrected chi connectivity index (χ1v) is 8.54. The van der Waals surface area contributed by atoms with Gasteiger partial charge in [-0.15, -0.1) is 0 Å². The average molecular weight is 405 g/mol. The summed E-state index contributed by atoms with van der Waals surface area (Å²) in [7, 11) is 0. The highest BCUT2D eigenvalue weighted by Crippen LogP contribution is 2.35. The van der Waals surface area contributed by atoms with E-state index in [9.17, 15) is 23.1 Å². The van der Waals surface area contributed by atoms with Crippen LogP contribution in [0.25, 0.3) is 11.4 Å². The summed E-state index contributed by atoms with van der Waals surface area (Å²) in [6.07, 6.45) is -5.84. The second-order valence-corrected chi connectivity index (χ2v) is 6.39. The van der Waals surface area contributed by atoms with Crippen molar-refractivity contribution in [3.05, 3.63) is 65.5 Å². The molecular weight excluding hydrogens is 391 g/mol. The van der Waals surface area contributed by atoms with Gasteiger partial charge in [-0.25, -0.2) is 4.79 Å². The van der Waals surface area contributed by atoms with Crippen LogP contribution in [0.15, 0.2) is 53.1 Å². The zero-order valence-corrected chi connectivity index (χ0v) is 14.8. The summed E-state index contributed by atoms with van der Waals surface area (Å²) in [5, 5.41) is 13.0. The average Bonchev–Trinajstić information content (AvgIpc) is 3.11. The van der Waals surface area contributed by atoms with Gasteiger partial charge < -0.3 is 14.4 Å². The number of rotatable bonds is 2. The van der Waals surface area contributed by atoms with Crippen molar-refractivity contribution >= 4 is 6.09 Å². The maximum Gasteiger partial charge on any atom is 0.471 e. The molecule has 1 amide bonds. The largest absolute Gasteiger partial charge is 0.491 e. The Morgan fingerprint density at radius 1 is 1.17 bits per heavy atom. The zero-order valence-electron chi connectivity index (χ0n) is 14.8. The van der Waals surface area contributed by atoms with Crippen molar-refractivity contribution < 1.29 is 32.3 Å². The Hall–Kier alpha value is -3.56. The number of aromatic nitrogens is 2. The molecule has 7 nitrogen and oxygen atoms in total. The van der Waals surface area contributed by atoms with E-state index >= 15 is 0 Å². The van der Waals surface area contributed by atoms with Crippen LogP contribution in [0, 0.1) is 0 Å². The molecule has 1 aromatic heterocycles. The number of carbonyl (C=O) groups is 1. The molecule has 2 aromatic carbocycles. The van der Waals surface area contributed by atoms with Crippen LogP contribution in [0.4, 0.5) is 18.0 Å². The molecule has 0 radical (unpaired) electrons. The van der Waals surface area contributed by atoms with E-state index in [-0.39, 0.29) is 24.5 Å². The van der Waals surface area contributed by atoms with Crippen molar-refractivity contribution in [1.29, 1.82) is 0 Å². The lowest BCUT2D eigenvalue weighted by Gasteiger charge is -2.26. The van der Waals surface area contributed by atoms with Gasteiger partial charge in [0.25, 0.3) is 0 Å². The van der Waals surface area contributed by atoms with Crippen LogP contribution in [0.2, 0.25) is 0 Å². The van der Waals surface area contributed by atoms with Crippen LogP contribution in [-0.2, 0) is 12.7 Å². The second kappa shape index (κ2) is 7.12. The minimum Gasteiger partial charge on any atom is -0.491 e. The van der Waals surface area contributed by atoms with E-state index in [1.54, 1.807) is 18.2 Å².